The molecule has 1 amide bonds. The second kappa shape index (κ2) is 8.04. The lowest BCUT2D eigenvalue weighted by Gasteiger charge is -2.27. The minimum absolute atomic E-state index is 0.0324. The Kier molecular flexibility index (Phi) is 6.70. The van der Waals surface area contributed by atoms with Crippen LogP contribution in [-0.2, 0) is 0 Å². The quantitative estimate of drug-likeness (QED) is 0.834. The Morgan fingerprint density at radius 3 is 2.84 bits per heavy atom. The highest BCUT2D eigenvalue weighted by molar-refractivity contribution is 7.98. The number of anilines is 1. The van der Waals surface area contributed by atoms with Crippen molar-refractivity contribution < 1.29 is 4.79 Å². The molecule has 1 aromatic rings. The summed E-state index contributed by atoms with van der Waals surface area (Å²) in [6.45, 7) is 4.86. The zero-order valence-electron chi connectivity index (χ0n) is 12.1. The summed E-state index contributed by atoms with van der Waals surface area (Å²) in [6, 6.07) is 3.89. The summed E-state index contributed by atoms with van der Waals surface area (Å²) in [5.74, 6) is 1.65. The number of thioether (sulfide) groups is 1. The fourth-order valence-electron chi connectivity index (χ4n) is 1.94. The van der Waals surface area contributed by atoms with Crippen molar-refractivity contribution >= 4 is 23.5 Å². The van der Waals surface area contributed by atoms with Crippen molar-refractivity contribution in [2.45, 2.75) is 26.3 Å². The zero-order chi connectivity index (χ0) is 14.3. The third kappa shape index (κ3) is 4.13. The molecule has 19 heavy (non-hydrogen) atoms. The van der Waals surface area contributed by atoms with E-state index in [4.69, 9.17) is 0 Å². The molecule has 0 spiro atoms. The van der Waals surface area contributed by atoms with Gasteiger partial charge in [0, 0.05) is 31.6 Å². The van der Waals surface area contributed by atoms with Gasteiger partial charge in [0.25, 0.3) is 5.91 Å². The summed E-state index contributed by atoms with van der Waals surface area (Å²) in [5.41, 5.74) is 0.645. The molecule has 1 unspecified atom stereocenters. The van der Waals surface area contributed by atoms with Crippen molar-refractivity contribution in [2.24, 2.45) is 0 Å². The van der Waals surface area contributed by atoms with Gasteiger partial charge >= 0.3 is 0 Å². The minimum Gasteiger partial charge on any atom is -0.370 e. The van der Waals surface area contributed by atoms with Crippen LogP contribution in [0.5, 0.6) is 0 Å². The fraction of sp³-hybridized carbons (Fsp3) is 0.571. The number of rotatable bonds is 7. The van der Waals surface area contributed by atoms with Crippen LogP contribution in [0.3, 0.4) is 0 Å². The van der Waals surface area contributed by atoms with Crippen LogP contribution in [0.25, 0.3) is 0 Å². The number of hydrogen-bond donors (Lipinski definition) is 1. The van der Waals surface area contributed by atoms with Gasteiger partial charge in [-0.3, -0.25) is 4.79 Å². The first-order valence-corrected chi connectivity index (χ1v) is 8.00. The van der Waals surface area contributed by atoms with Crippen LogP contribution in [0.4, 0.5) is 5.82 Å². The number of nitrogens with one attached hydrogen (secondary N) is 1. The lowest BCUT2D eigenvalue weighted by Crippen LogP contribution is -2.38. The van der Waals surface area contributed by atoms with Gasteiger partial charge in [-0.15, -0.1) is 0 Å². The molecule has 0 aliphatic rings. The van der Waals surface area contributed by atoms with E-state index < -0.39 is 0 Å². The second-order valence-electron chi connectivity index (χ2n) is 4.36. The van der Waals surface area contributed by atoms with E-state index in [-0.39, 0.29) is 11.9 Å². The van der Waals surface area contributed by atoms with Crippen LogP contribution < -0.4 is 5.32 Å². The number of pyridine rings is 1. The molecule has 0 fully saturated rings. The van der Waals surface area contributed by atoms with Gasteiger partial charge in [-0.05, 0) is 31.7 Å². The van der Waals surface area contributed by atoms with Crippen LogP contribution in [0.1, 0.15) is 30.6 Å². The highest BCUT2D eigenvalue weighted by Crippen LogP contribution is 2.17. The lowest BCUT2D eigenvalue weighted by molar-refractivity contribution is 0.0744. The number of hydrogen-bond acceptors (Lipinski definition) is 4. The third-order valence-electron chi connectivity index (χ3n) is 3.08. The Balaban J connectivity index is 2.92. The van der Waals surface area contributed by atoms with E-state index in [0.29, 0.717) is 11.4 Å². The van der Waals surface area contributed by atoms with E-state index in [1.165, 1.54) is 0 Å². The summed E-state index contributed by atoms with van der Waals surface area (Å²) in [7, 11) is 1.87. The van der Waals surface area contributed by atoms with Gasteiger partial charge in [-0.1, -0.05) is 6.92 Å². The number of amides is 1. The SMILES string of the molecule is CCNc1ncccc1C(=O)N(C)C(CC)CSC. The number of carbonyl (C=O) groups excluding carboxylic acids is 1. The second-order valence-corrected chi connectivity index (χ2v) is 5.27. The molecule has 5 heteroatoms. The first-order valence-electron chi connectivity index (χ1n) is 6.60. The molecule has 106 valence electrons. The molecule has 4 nitrogen and oxygen atoms in total. The Morgan fingerprint density at radius 1 is 1.53 bits per heavy atom. The number of carbonyl (C=O) groups is 1. The molecular formula is C14H23N3OS. The van der Waals surface area contributed by atoms with Gasteiger partial charge in [0.2, 0.25) is 0 Å². The first kappa shape index (κ1) is 15.8. The van der Waals surface area contributed by atoms with Gasteiger partial charge in [-0.25, -0.2) is 4.98 Å². The highest BCUT2D eigenvalue weighted by atomic mass is 32.2. The average molecular weight is 281 g/mol. The monoisotopic (exact) mass is 281 g/mol. The summed E-state index contributed by atoms with van der Waals surface area (Å²) in [5, 5.41) is 3.14. The molecule has 0 radical (unpaired) electrons. The Morgan fingerprint density at radius 2 is 2.26 bits per heavy atom. The maximum Gasteiger partial charge on any atom is 0.257 e. The lowest BCUT2D eigenvalue weighted by atomic mass is 10.1. The smallest absolute Gasteiger partial charge is 0.257 e. The summed E-state index contributed by atoms with van der Waals surface area (Å²) in [6.07, 6.45) is 4.73. The predicted octanol–water partition coefficient (Wildman–Crippen LogP) is 2.73. The van der Waals surface area contributed by atoms with E-state index in [2.05, 4.69) is 23.5 Å². The van der Waals surface area contributed by atoms with Crippen LogP contribution in [-0.4, -0.2) is 47.4 Å². The van der Waals surface area contributed by atoms with Crippen LogP contribution in [0.15, 0.2) is 18.3 Å². The average Bonchev–Trinajstić information content (AvgIpc) is 2.44. The maximum absolute atomic E-state index is 12.6. The van der Waals surface area contributed by atoms with Crippen molar-refractivity contribution in [1.82, 2.24) is 9.88 Å². The Hall–Kier alpha value is -1.23. The Labute approximate surface area is 120 Å². The van der Waals surface area contributed by atoms with Crippen molar-refractivity contribution in [2.75, 3.05) is 30.9 Å². The fourth-order valence-corrected chi connectivity index (χ4v) is 2.78. The molecule has 0 bridgehead atoms. The van der Waals surface area contributed by atoms with Crippen molar-refractivity contribution in [3.8, 4) is 0 Å². The van der Waals surface area contributed by atoms with Gasteiger partial charge in [0.1, 0.15) is 5.82 Å². The van der Waals surface area contributed by atoms with Crippen molar-refractivity contribution in [3.05, 3.63) is 23.9 Å². The summed E-state index contributed by atoms with van der Waals surface area (Å²) >= 11 is 1.76. The maximum atomic E-state index is 12.6. The topological polar surface area (TPSA) is 45.2 Å². The molecule has 0 aliphatic heterocycles. The summed E-state index contributed by atoms with van der Waals surface area (Å²) < 4.78 is 0. The molecule has 1 atom stereocenters. The normalized spacial score (nSPS) is 12.0. The third-order valence-corrected chi connectivity index (χ3v) is 3.80. The van der Waals surface area contributed by atoms with Crippen molar-refractivity contribution in [3.63, 3.8) is 0 Å². The minimum atomic E-state index is 0.0324. The zero-order valence-corrected chi connectivity index (χ0v) is 13.0. The molecule has 0 saturated carbocycles. The standard InChI is InChI=1S/C14H23N3OS/c1-5-11(10-19-4)17(3)14(18)12-8-7-9-16-13(12)15-6-2/h7-9,11H,5-6,10H2,1-4H3,(H,15,16). The molecule has 0 saturated heterocycles. The van der Waals surface area contributed by atoms with Crippen LogP contribution in [0, 0.1) is 0 Å². The van der Waals surface area contributed by atoms with Gasteiger partial charge in [0.15, 0.2) is 0 Å². The van der Waals surface area contributed by atoms with Gasteiger partial charge < -0.3 is 10.2 Å². The van der Waals surface area contributed by atoms with E-state index in [1.54, 1.807) is 24.0 Å². The summed E-state index contributed by atoms with van der Waals surface area (Å²) in [4.78, 5) is 18.6. The molecule has 1 rings (SSSR count). The van der Waals surface area contributed by atoms with E-state index in [9.17, 15) is 4.79 Å². The number of nitrogens with zero attached hydrogens (tertiary/aromatic N) is 2. The molecular weight excluding hydrogens is 258 g/mol. The molecule has 0 aliphatic carbocycles. The number of aromatic nitrogens is 1. The molecule has 0 aromatic carbocycles. The first-order chi connectivity index (χ1) is 9.15. The van der Waals surface area contributed by atoms with Crippen molar-refractivity contribution in [1.29, 1.82) is 0 Å². The van der Waals surface area contributed by atoms with Gasteiger partial charge in [-0.2, -0.15) is 11.8 Å². The van der Waals surface area contributed by atoms with E-state index in [0.717, 1.165) is 18.7 Å². The predicted molar refractivity (Wildman–Crippen MR) is 83.0 cm³/mol. The highest BCUT2D eigenvalue weighted by Gasteiger charge is 2.21. The van der Waals surface area contributed by atoms with Crippen LogP contribution in [0.2, 0.25) is 0 Å². The van der Waals surface area contributed by atoms with Crippen LogP contribution >= 0.6 is 11.8 Å². The van der Waals surface area contributed by atoms with E-state index in [1.807, 2.05) is 24.9 Å². The van der Waals surface area contributed by atoms with Gasteiger partial charge in [0.05, 0.1) is 5.56 Å². The molecule has 1 N–H and O–H groups in total. The van der Waals surface area contributed by atoms with E-state index >= 15 is 0 Å². The largest absolute Gasteiger partial charge is 0.370 e. The molecule has 1 heterocycles. The Bertz CT molecular complexity index is 411. The molecule has 1 aromatic heterocycles.